The molecule has 3 heterocycles. The van der Waals surface area contributed by atoms with Gasteiger partial charge in [0.2, 0.25) is 5.89 Å². The van der Waals surface area contributed by atoms with E-state index in [9.17, 15) is 13.2 Å². The van der Waals surface area contributed by atoms with Crippen LogP contribution in [-0.2, 0) is 13.1 Å². The average molecular weight is 500 g/mol. The molecule has 2 aromatic carbocycles. The van der Waals surface area contributed by atoms with Crippen molar-refractivity contribution < 1.29 is 17.6 Å². The van der Waals surface area contributed by atoms with Gasteiger partial charge in [0, 0.05) is 50.0 Å². The van der Waals surface area contributed by atoms with Crippen molar-refractivity contribution in [2.45, 2.75) is 26.4 Å². The van der Waals surface area contributed by atoms with Gasteiger partial charge in [0.15, 0.2) is 0 Å². The first-order valence-electron chi connectivity index (χ1n) is 11.6. The van der Waals surface area contributed by atoms with Crippen molar-refractivity contribution in [1.82, 2.24) is 35.0 Å². The lowest BCUT2D eigenvalue weighted by Gasteiger charge is -2.32. The summed E-state index contributed by atoms with van der Waals surface area (Å²) in [6.07, 6.45) is 0.222. The molecule has 0 unspecified atom stereocenters. The van der Waals surface area contributed by atoms with E-state index in [1.165, 1.54) is 60.3 Å². The van der Waals surface area contributed by atoms with E-state index in [4.69, 9.17) is 4.42 Å². The van der Waals surface area contributed by atoms with Gasteiger partial charge in [0.05, 0.1) is 12.7 Å². The van der Waals surface area contributed by atoms with Gasteiger partial charge in [-0.2, -0.15) is 8.78 Å². The monoisotopic (exact) mass is 499 g/mol. The SMILES string of the molecule is Cc1cccc(CN2CCN(C)CC2)c1.Fc1cc(-c2nnc(C(F)F)o2)ccc1Cn1ccnn1. The topological polar surface area (TPSA) is 76.1 Å². The van der Waals surface area contributed by atoms with Crippen molar-refractivity contribution in [2.75, 3.05) is 33.2 Å². The zero-order valence-corrected chi connectivity index (χ0v) is 20.2. The average Bonchev–Trinajstić information content (AvgIpc) is 3.55. The van der Waals surface area contributed by atoms with Crippen molar-refractivity contribution in [2.24, 2.45) is 0 Å². The van der Waals surface area contributed by atoms with Crippen LogP contribution in [-0.4, -0.2) is 68.2 Å². The second-order valence-electron chi connectivity index (χ2n) is 8.72. The summed E-state index contributed by atoms with van der Waals surface area (Å²) < 4.78 is 44.9. The van der Waals surface area contributed by atoms with Crippen molar-refractivity contribution in [3.63, 3.8) is 0 Å². The Balaban J connectivity index is 0.000000179. The van der Waals surface area contributed by atoms with E-state index in [0.717, 1.165) is 12.6 Å². The molecule has 2 aromatic heterocycles. The first kappa shape index (κ1) is 25.5. The van der Waals surface area contributed by atoms with Gasteiger partial charge < -0.3 is 9.32 Å². The Morgan fingerprint density at radius 3 is 2.44 bits per heavy atom. The van der Waals surface area contributed by atoms with Gasteiger partial charge in [0.1, 0.15) is 5.82 Å². The Kier molecular flexibility index (Phi) is 8.44. The molecule has 8 nitrogen and oxygen atoms in total. The minimum Gasteiger partial charge on any atom is -0.415 e. The number of benzene rings is 2. The van der Waals surface area contributed by atoms with Crippen molar-refractivity contribution in [3.8, 4) is 11.5 Å². The van der Waals surface area contributed by atoms with Crippen LogP contribution in [0.4, 0.5) is 13.2 Å². The Morgan fingerprint density at radius 2 is 1.81 bits per heavy atom. The van der Waals surface area contributed by atoms with Gasteiger partial charge >= 0.3 is 6.43 Å². The Hall–Kier alpha value is -3.57. The van der Waals surface area contributed by atoms with Crippen LogP contribution in [0, 0.1) is 12.7 Å². The molecule has 1 aliphatic rings. The van der Waals surface area contributed by atoms with E-state index >= 15 is 0 Å². The molecule has 0 bridgehead atoms. The van der Waals surface area contributed by atoms with Gasteiger partial charge in [0.25, 0.3) is 5.89 Å². The highest BCUT2D eigenvalue weighted by molar-refractivity contribution is 5.53. The number of halogens is 3. The largest absolute Gasteiger partial charge is 0.415 e. The normalized spacial score (nSPS) is 14.6. The van der Waals surface area contributed by atoms with Crippen LogP contribution in [0.15, 0.2) is 59.3 Å². The molecule has 0 atom stereocenters. The molecule has 1 aliphatic heterocycles. The van der Waals surface area contributed by atoms with Gasteiger partial charge in [-0.15, -0.1) is 15.3 Å². The molecule has 0 N–H and O–H groups in total. The maximum atomic E-state index is 14.0. The van der Waals surface area contributed by atoms with Crippen molar-refractivity contribution in [3.05, 3.63) is 83.3 Å². The molecule has 1 saturated heterocycles. The maximum absolute atomic E-state index is 14.0. The molecule has 0 saturated carbocycles. The third-order valence-electron chi connectivity index (χ3n) is 5.82. The molecule has 5 rings (SSSR count). The summed E-state index contributed by atoms with van der Waals surface area (Å²) >= 11 is 0. The zero-order chi connectivity index (χ0) is 25.5. The first-order valence-corrected chi connectivity index (χ1v) is 11.6. The predicted octanol–water partition coefficient (Wildman–Crippen LogP) is 4.20. The van der Waals surface area contributed by atoms with Gasteiger partial charge in [-0.25, -0.2) is 9.07 Å². The highest BCUT2D eigenvalue weighted by atomic mass is 19.3. The van der Waals surface area contributed by atoms with E-state index in [1.807, 2.05) is 0 Å². The first-order chi connectivity index (χ1) is 17.4. The summed E-state index contributed by atoms with van der Waals surface area (Å²) in [5, 5.41) is 14.0. The Labute approximate surface area is 207 Å². The number of aryl methyl sites for hydroxylation is 1. The molecule has 4 aromatic rings. The van der Waals surface area contributed by atoms with Crippen LogP contribution < -0.4 is 0 Å². The Bertz CT molecular complexity index is 1240. The fourth-order valence-corrected chi connectivity index (χ4v) is 3.81. The smallest absolute Gasteiger partial charge is 0.314 e. The molecule has 36 heavy (non-hydrogen) atoms. The lowest BCUT2D eigenvalue weighted by atomic mass is 10.1. The molecular weight excluding hydrogens is 471 g/mol. The number of piperazine rings is 1. The van der Waals surface area contributed by atoms with Crippen molar-refractivity contribution >= 4 is 0 Å². The lowest BCUT2D eigenvalue weighted by molar-refractivity contribution is 0.116. The third-order valence-corrected chi connectivity index (χ3v) is 5.82. The highest BCUT2D eigenvalue weighted by Crippen LogP contribution is 2.24. The van der Waals surface area contributed by atoms with E-state index in [2.05, 4.69) is 68.5 Å². The van der Waals surface area contributed by atoms with E-state index in [0.29, 0.717) is 5.56 Å². The van der Waals surface area contributed by atoms with Crippen LogP contribution in [0.1, 0.15) is 29.0 Å². The summed E-state index contributed by atoms with van der Waals surface area (Å²) in [7, 11) is 2.20. The summed E-state index contributed by atoms with van der Waals surface area (Å²) in [5.74, 6) is -1.48. The lowest BCUT2D eigenvalue weighted by Crippen LogP contribution is -2.43. The van der Waals surface area contributed by atoms with E-state index in [1.54, 1.807) is 6.20 Å². The van der Waals surface area contributed by atoms with Crippen molar-refractivity contribution in [1.29, 1.82) is 0 Å². The third kappa shape index (κ3) is 6.98. The standard InChI is InChI=1S/C13H20N2.C12H8F3N5O/c1-12-4-3-5-13(10-12)11-15-8-6-14(2)7-9-15;13-9-5-7(11-17-18-12(21-11)10(14)15)1-2-8(9)6-20-4-3-16-19-20/h3-5,10H,6-9,11H2,1-2H3;1-5,10H,6H2. The van der Waals surface area contributed by atoms with Gasteiger partial charge in [-0.1, -0.05) is 41.1 Å². The fraction of sp³-hybridized carbons (Fsp3) is 0.360. The molecule has 11 heteroatoms. The van der Waals surface area contributed by atoms with Crippen LogP contribution in [0.25, 0.3) is 11.5 Å². The number of alkyl halides is 2. The van der Waals surface area contributed by atoms with E-state index in [-0.39, 0.29) is 18.0 Å². The van der Waals surface area contributed by atoms with Gasteiger partial charge in [-0.3, -0.25) is 4.90 Å². The second-order valence-corrected chi connectivity index (χ2v) is 8.72. The highest BCUT2D eigenvalue weighted by Gasteiger charge is 2.18. The number of hydrogen-bond donors (Lipinski definition) is 0. The summed E-state index contributed by atoms with van der Waals surface area (Å²) in [5.41, 5.74) is 3.41. The van der Waals surface area contributed by atoms with Crippen LogP contribution in [0.5, 0.6) is 0 Å². The van der Waals surface area contributed by atoms with Crippen LogP contribution >= 0.6 is 0 Å². The molecule has 0 spiro atoms. The fourth-order valence-electron chi connectivity index (χ4n) is 3.81. The molecule has 1 fully saturated rings. The predicted molar refractivity (Wildman–Crippen MR) is 128 cm³/mol. The molecule has 0 radical (unpaired) electrons. The minimum atomic E-state index is -2.86. The summed E-state index contributed by atoms with van der Waals surface area (Å²) in [4.78, 5) is 4.93. The summed E-state index contributed by atoms with van der Waals surface area (Å²) in [6, 6.07) is 13.0. The zero-order valence-electron chi connectivity index (χ0n) is 20.2. The summed E-state index contributed by atoms with van der Waals surface area (Å²) in [6.45, 7) is 8.27. The molecular formula is C25H28F3N7O. The molecule has 0 aliphatic carbocycles. The Morgan fingerprint density at radius 1 is 1.00 bits per heavy atom. The number of nitrogens with zero attached hydrogens (tertiary/aromatic N) is 7. The van der Waals surface area contributed by atoms with Crippen LogP contribution in [0.3, 0.4) is 0 Å². The minimum absolute atomic E-state index is 0.156. The van der Waals surface area contributed by atoms with Crippen LogP contribution in [0.2, 0.25) is 0 Å². The number of hydrogen-bond acceptors (Lipinski definition) is 7. The van der Waals surface area contributed by atoms with E-state index < -0.39 is 18.1 Å². The van der Waals surface area contributed by atoms with Gasteiger partial charge in [-0.05, 0) is 31.7 Å². The number of likely N-dealkylation sites (N-methyl/N-ethyl adjacent to an activating group) is 1. The molecule has 190 valence electrons. The second kappa shape index (κ2) is 11.9. The molecule has 0 amide bonds. The maximum Gasteiger partial charge on any atom is 0.314 e. The number of aromatic nitrogens is 5. The number of rotatable bonds is 6. The quantitative estimate of drug-likeness (QED) is 0.394.